The SMILES string of the molecule is CCCCNC(=O)[C@H](C)N(Cc1ccccc1)C(=O)CN(c1ccc(Cl)c(C(F)(F)F)c1)S(=O)(=O)c1ccccc1. The van der Waals surface area contributed by atoms with Crippen LogP contribution < -0.4 is 9.62 Å². The Labute approximate surface area is 243 Å². The van der Waals surface area contributed by atoms with Crippen molar-refractivity contribution in [2.24, 2.45) is 0 Å². The van der Waals surface area contributed by atoms with Crippen LogP contribution in [0.15, 0.2) is 83.8 Å². The topological polar surface area (TPSA) is 86.8 Å². The fourth-order valence-corrected chi connectivity index (χ4v) is 5.68. The Hall–Kier alpha value is -3.57. The number of carbonyl (C=O) groups excluding carboxylic acids is 2. The fourth-order valence-electron chi connectivity index (χ4n) is 4.03. The molecule has 3 aromatic carbocycles. The number of halogens is 4. The number of nitrogens with one attached hydrogen (secondary N) is 1. The van der Waals surface area contributed by atoms with E-state index in [0.717, 1.165) is 25.0 Å². The minimum atomic E-state index is -4.87. The van der Waals surface area contributed by atoms with E-state index in [-0.39, 0.29) is 11.4 Å². The number of hydrogen-bond acceptors (Lipinski definition) is 4. The minimum absolute atomic E-state index is 0.0321. The average molecular weight is 610 g/mol. The van der Waals surface area contributed by atoms with Crippen molar-refractivity contribution in [3.63, 3.8) is 0 Å². The summed E-state index contributed by atoms with van der Waals surface area (Å²) in [6, 6.07) is 17.5. The molecule has 0 bridgehead atoms. The van der Waals surface area contributed by atoms with Crippen LogP contribution in [0.2, 0.25) is 5.02 Å². The third-order valence-corrected chi connectivity index (χ3v) is 8.46. The molecule has 0 spiro atoms. The Morgan fingerprint density at radius 1 is 0.976 bits per heavy atom. The Balaban J connectivity index is 2.06. The molecule has 0 aliphatic heterocycles. The zero-order chi connectivity index (χ0) is 30.2. The summed E-state index contributed by atoms with van der Waals surface area (Å²) in [7, 11) is -4.52. The van der Waals surface area contributed by atoms with Crippen LogP contribution in [-0.4, -0.2) is 44.3 Å². The van der Waals surface area contributed by atoms with Crippen molar-refractivity contribution >= 4 is 39.1 Å². The molecule has 12 heteroatoms. The lowest BCUT2D eigenvalue weighted by atomic mass is 10.1. The fraction of sp³-hybridized carbons (Fsp3) is 0.310. The van der Waals surface area contributed by atoms with Crippen molar-refractivity contribution in [1.29, 1.82) is 0 Å². The summed E-state index contributed by atoms with van der Waals surface area (Å²) in [5.74, 6) is -1.22. The highest BCUT2D eigenvalue weighted by Crippen LogP contribution is 2.38. The molecular formula is C29H31ClF3N3O4S. The first-order valence-electron chi connectivity index (χ1n) is 12.9. The van der Waals surface area contributed by atoms with Crippen molar-refractivity contribution in [2.75, 3.05) is 17.4 Å². The molecule has 0 unspecified atom stereocenters. The van der Waals surface area contributed by atoms with Gasteiger partial charge in [-0.05, 0) is 49.2 Å². The maximum atomic E-state index is 13.8. The Morgan fingerprint density at radius 2 is 1.59 bits per heavy atom. The zero-order valence-electron chi connectivity index (χ0n) is 22.6. The Kier molecular flexibility index (Phi) is 10.8. The molecule has 0 aromatic heterocycles. The highest BCUT2D eigenvalue weighted by Gasteiger charge is 2.36. The Morgan fingerprint density at radius 3 is 2.17 bits per heavy atom. The van der Waals surface area contributed by atoms with E-state index in [1.807, 2.05) is 6.92 Å². The molecule has 41 heavy (non-hydrogen) atoms. The second-order valence-corrected chi connectivity index (χ2v) is 11.6. The van der Waals surface area contributed by atoms with Crippen LogP contribution in [0.3, 0.4) is 0 Å². The van der Waals surface area contributed by atoms with Crippen molar-refractivity contribution < 1.29 is 31.2 Å². The molecule has 0 saturated carbocycles. The van der Waals surface area contributed by atoms with Crippen LogP contribution in [0.5, 0.6) is 0 Å². The quantitative estimate of drug-likeness (QED) is 0.260. The molecule has 3 aromatic rings. The first-order valence-corrected chi connectivity index (χ1v) is 14.7. The van der Waals surface area contributed by atoms with E-state index in [1.165, 1.54) is 36.1 Å². The molecule has 0 fully saturated rings. The lowest BCUT2D eigenvalue weighted by Gasteiger charge is -2.32. The largest absolute Gasteiger partial charge is 0.417 e. The van der Waals surface area contributed by atoms with Crippen LogP contribution in [-0.2, 0) is 32.3 Å². The number of benzene rings is 3. The summed E-state index contributed by atoms with van der Waals surface area (Å²) in [5, 5.41) is 2.15. The molecule has 0 aliphatic carbocycles. The number of hydrogen-bond donors (Lipinski definition) is 1. The minimum Gasteiger partial charge on any atom is -0.354 e. The van der Waals surface area contributed by atoms with E-state index >= 15 is 0 Å². The molecule has 0 aliphatic rings. The molecule has 220 valence electrons. The van der Waals surface area contributed by atoms with Gasteiger partial charge in [0.1, 0.15) is 12.6 Å². The number of unbranched alkanes of at least 4 members (excludes halogenated alkanes) is 1. The first kappa shape index (κ1) is 32.0. The van der Waals surface area contributed by atoms with Gasteiger partial charge >= 0.3 is 6.18 Å². The lowest BCUT2D eigenvalue weighted by Crippen LogP contribution is -2.51. The molecule has 1 atom stereocenters. The smallest absolute Gasteiger partial charge is 0.354 e. The predicted molar refractivity (Wildman–Crippen MR) is 152 cm³/mol. The van der Waals surface area contributed by atoms with Crippen molar-refractivity contribution in [1.82, 2.24) is 10.2 Å². The molecule has 0 heterocycles. The number of rotatable bonds is 12. The van der Waals surface area contributed by atoms with Crippen LogP contribution >= 0.6 is 11.6 Å². The monoisotopic (exact) mass is 609 g/mol. The van der Waals surface area contributed by atoms with Gasteiger partial charge in [-0.1, -0.05) is 73.5 Å². The summed E-state index contributed by atoms with van der Waals surface area (Å²) >= 11 is 5.78. The van der Waals surface area contributed by atoms with Crippen molar-refractivity contribution in [2.45, 2.75) is 50.3 Å². The predicted octanol–water partition coefficient (Wildman–Crippen LogP) is 5.89. The third-order valence-electron chi connectivity index (χ3n) is 6.35. The number of anilines is 1. The van der Waals surface area contributed by atoms with Gasteiger partial charge < -0.3 is 10.2 Å². The van der Waals surface area contributed by atoms with Crippen molar-refractivity contribution in [3.8, 4) is 0 Å². The normalized spacial score (nSPS) is 12.4. The Bertz CT molecular complexity index is 1440. The number of nitrogens with zero attached hydrogens (tertiary/aromatic N) is 2. The molecule has 3 rings (SSSR count). The second-order valence-electron chi connectivity index (χ2n) is 9.31. The number of carbonyl (C=O) groups is 2. The first-order chi connectivity index (χ1) is 19.4. The van der Waals surface area contributed by atoms with Crippen LogP contribution in [0.4, 0.5) is 18.9 Å². The molecule has 1 N–H and O–H groups in total. The maximum absolute atomic E-state index is 13.8. The summed E-state index contributed by atoms with van der Waals surface area (Å²) in [6.07, 6.45) is -3.30. The van der Waals surface area contributed by atoms with Gasteiger partial charge in [0.2, 0.25) is 11.8 Å². The van der Waals surface area contributed by atoms with Gasteiger partial charge in [0.05, 0.1) is 21.2 Å². The highest BCUT2D eigenvalue weighted by molar-refractivity contribution is 7.92. The average Bonchev–Trinajstić information content (AvgIpc) is 2.95. The zero-order valence-corrected chi connectivity index (χ0v) is 24.1. The van der Waals surface area contributed by atoms with E-state index in [1.54, 1.807) is 36.4 Å². The molecular weight excluding hydrogens is 579 g/mol. The molecule has 0 radical (unpaired) electrons. The van der Waals surface area contributed by atoms with Gasteiger partial charge in [0, 0.05) is 13.1 Å². The van der Waals surface area contributed by atoms with E-state index in [0.29, 0.717) is 22.5 Å². The lowest BCUT2D eigenvalue weighted by molar-refractivity contribution is -0.139. The van der Waals surface area contributed by atoms with Gasteiger partial charge in [0.25, 0.3) is 10.0 Å². The highest BCUT2D eigenvalue weighted by atomic mass is 35.5. The summed E-state index contributed by atoms with van der Waals surface area (Å²) in [5.41, 5.74) is -0.974. The summed E-state index contributed by atoms with van der Waals surface area (Å²) < 4.78 is 69.2. The van der Waals surface area contributed by atoms with Gasteiger partial charge in [0.15, 0.2) is 0 Å². The van der Waals surface area contributed by atoms with Gasteiger partial charge in [-0.15, -0.1) is 0 Å². The number of amides is 2. The van der Waals surface area contributed by atoms with E-state index in [2.05, 4.69) is 5.32 Å². The molecule has 2 amide bonds. The second kappa shape index (κ2) is 13.9. The summed E-state index contributed by atoms with van der Waals surface area (Å²) in [4.78, 5) is 27.8. The molecule has 0 saturated heterocycles. The number of sulfonamides is 1. The van der Waals surface area contributed by atoms with Crippen LogP contribution in [0.25, 0.3) is 0 Å². The molecule has 7 nitrogen and oxygen atoms in total. The van der Waals surface area contributed by atoms with Crippen LogP contribution in [0, 0.1) is 0 Å². The number of alkyl halides is 3. The van der Waals surface area contributed by atoms with Gasteiger partial charge in [-0.25, -0.2) is 8.42 Å². The van der Waals surface area contributed by atoms with Crippen LogP contribution in [0.1, 0.15) is 37.8 Å². The van der Waals surface area contributed by atoms with Gasteiger partial charge in [-0.3, -0.25) is 13.9 Å². The van der Waals surface area contributed by atoms with E-state index in [4.69, 9.17) is 11.6 Å². The van der Waals surface area contributed by atoms with E-state index in [9.17, 15) is 31.2 Å². The summed E-state index contributed by atoms with van der Waals surface area (Å²) in [6.45, 7) is 2.98. The van der Waals surface area contributed by atoms with E-state index < -0.39 is 56.9 Å². The standard InChI is InChI=1S/C29H31ClF3N3O4S/c1-3-4-17-34-28(38)21(2)35(19-22-11-7-5-8-12-22)27(37)20-36(41(39,40)24-13-9-6-10-14-24)23-15-16-26(30)25(18-23)29(31,32)33/h5-16,18,21H,3-4,17,19-20H2,1-2H3,(H,34,38)/t21-/m0/s1. The maximum Gasteiger partial charge on any atom is 0.417 e. The van der Waals surface area contributed by atoms with Gasteiger partial charge in [-0.2, -0.15) is 13.2 Å². The van der Waals surface area contributed by atoms with Crippen molar-refractivity contribution in [3.05, 3.63) is 95.0 Å². The third kappa shape index (κ3) is 8.23.